The Kier molecular flexibility index (Phi) is 1.99. The van der Waals surface area contributed by atoms with Crippen LogP contribution in [0.2, 0.25) is 0 Å². The first-order chi connectivity index (χ1) is 5.97. The Labute approximate surface area is 71.5 Å². The highest BCUT2D eigenvalue weighted by atomic mass is 16.5. The van der Waals surface area contributed by atoms with Crippen LogP contribution < -0.4 is 0 Å². The Bertz CT molecular complexity index is 252. The number of ether oxygens (including phenoxy) is 2. The van der Waals surface area contributed by atoms with E-state index in [1.807, 2.05) is 18.2 Å². The van der Waals surface area contributed by atoms with Gasteiger partial charge in [-0.05, 0) is 24.6 Å². The molecular weight excluding hydrogens is 152 g/mol. The van der Waals surface area contributed by atoms with Crippen LogP contribution >= 0.6 is 0 Å². The van der Waals surface area contributed by atoms with Crippen molar-refractivity contribution >= 4 is 0 Å². The molecule has 0 aromatic carbocycles. The normalized spacial score (nSPS) is 20.7. The molecule has 62 valence electrons. The number of hydrogen-bond donors (Lipinski definition) is 0. The molecule has 0 spiro atoms. The van der Waals surface area contributed by atoms with Gasteiger partial charge in [-0.25, -0.2) is 0 Å². The summed E-state index contributed by atoms with van der Waals surface area (Å²) >= 11 is 0. The summed E-state index contributed by atoms with van der Waals surface area (Å²) < 4.78 is 10.4. The van der Waals surface area contributed by atoms with E-state index in [2.05, 4.69) is 0 Å². The highest BCUT2D eigenvalue weighted by Crippen LogP contribution is 2.22. The highest BCUT2D eigenvalue weighted by Gasteiger charge is 2.08. The molecule has 0 saturated heterocycles. The van der Waals surface area contributed by atoms with Gasteiger partial charge in [0, 0.05) is 12.0 Å². The largest absolute Gasteiger partial charge is 0.473 e. The summed E-state index contributed by atoms with van der Waals surface area (Å²) in [6.07, 6.45) is 13.0. The van der Waals surface area contributed by atoms with Gasteiger partial charge in [-0.1, -0.05) is 0 Å². The van der Waals surface area contributed by atoms with E-state index in [1.165, 1.54) is 0 Å². The van der Waals surface area contributed by atoms with E-state index < -0.39 is 0 Å². The Morgan fingerprint density at radius 3 is 2.83 bits per heavy atom. The van der Waals surface area contributed by atoms with E-state index in [0.29, 0.717) is 0 Å². The minimum absolute atomic E-state index is 0.889. The minimum Gasteiger partial charge on any atom is -0.473 e. The zero-order chi connectivity index (χ0) is 8.23. The van der Waals surface area contributed by atoms with Crippen molar-refractivity contribution < 1.29 is 9.47 Å². The molecule has 0 amide bonds. The molecule has 0 aromatic heterocycles. The molecule has 0 atom stereocenters. The fourth-order valence-corrected chi connectivity index (χ4v) is 1.17. The highest BCUT2D eigenvalue weighted by molar-refractivity contribution is 5.30. The molecule has 2 nitrogen and oxygen atoms in total. The molecule has 2 aliphatic heterocycles. The van der Waals surface area contributed by atoms with E-state index in [1.54, 1.807) is 18.8 Å². The van der Waals surface area contributed by atoms with E-state index >= 15 is 0 Å². The smallest absolute Gasteiger partial charge is 0.129 e. The molecule has 2 heteroatoms. The van der Waals surface area contributed by atoms with Gasteiger partial charge < -0.3 is 9.47 Å². The molecule has 0 fully saturated rings. The first kappa shape index (κ1) is 7.22. The number of hydrogen-bond acceptors (Lipinski definition) is 2. The van der Waals surface area contributed by atoms with Crippen molar-refractivity contribution in [1.82, 2.24) is 0 Å². The van der Waals surface area contributed by atoms with Crippen molar-refractivity contribution in [3.63, 3.8) is 0 Å². The average Bonchev–Trinajstić information content (AvgIpc) is 2.21. The fraction of sp³-hybridized carbons (Fsp3) is 0.200. The summed E-state index contributed by atoms with van der Waals surface area (Å²) in [5.41, 5.74) is 1.10. The summed E-state index contributed by atoms with van der Waals surface area (Å²) in [5.74, 6) is 0.918. The van der Waals surface area contributed by atoms with Crippen molar-refractivity contribution in [3.05, 3.63) is 48.3 Å². The van der Waals surface area contributed by atoms with Gasteiger partial charge in [0.15, 0.2) is 0 Å². The Morgan fingerprint density at radius 1 is 1.17 bits per heavy atom. The SMILES string of the molecule is C1=COC(C2=COC=CC2)=CC1. The summed E-state index contributed by atoms with van der Waals surface area (Å²) in [6.45, 7) is 0. The van der Waals surface area contributed by atoms with Gasteiger partial charge in [-0.2, -0.15) is 0 Å². The summed E-state index contributed by atoms with van der Waals surface area (Å²) in [4.78, 5) is 0. The number of allylic oxidation sites excluding steroid dienone is 4. The van der Waals surface area contributed by atoms with Gasteiger partial charge in [0.25, 0.3) is 0 Å². The second-order valence-corrected chi connectivity index (χ2v) is 2.65. The van der Waals surface area contributed by atoms with Gasteiger partial charge in [-0.15, -0.1) is 0 Å². The molecule has 2 heterocycles. The van der Waals surface area contributed by atoms with Crippen LogP contribution in [0.25, 0.3) is 0 Å². The third-order valence-electron chi connectivity index (χ3n) is 1.77. The van der Waals surface area contributed by atoms with Crippen LogP contribution in [-0.2, 0) is 9.47 Å². The van der Waals surface area contributed by atoms with Crippen molar-refractivity contribution in [1.29, 1.82) is 0 Å². The Hall–Kier alpha value is -1.44. The van der Waals surface area contributed by atoms with Crippen LogP contribution in [0.5, 0.6) is 0 Å². The maximum Gasteiger partial charge on any atom is 0.129 e. The molecular formula is C10H10O2. The molecule has 0 unspecified atom stereocenters. The van der Waals surface area contributed by atoms with Gasteiger partial charge in [0.05, 0.1) is 18.8 Å². The Balaban J connectivity index is 2.08. The number of rotatable bonds is 1. The predicted octanol–water partition coefficient (Wildman–Crippen LogP) is 2.62. The van der Waals surface area contributed by atoms with Gasteiger partial charge >= 0.3 is 0 Å². The van der Waals surface area contributed by atoms with Crippen LogP contribution in [0.3, 0.4) is 0 Å². The first-order valence-electron chi connectivity index (χ1n) is 3.98. The zero-order valence-electron chi connectivity index (χ0n) is 6.69. The minimum atomic E-state index is 0.889. The van der Waals surface area contributed by atoms with Gasteiger partial charge in [0.2, 0.25) is 0 Å². The van der Waals surface area contributed by atoms with E-state index in [-0.39, 0.29) is 0 Å². The molecule has 2 rings (SSSR count). The molecule has 12 heavy (non-hydrogen) atoms. The summed E-state index contributed by atoms with van der Waals surface area (Å²) in [5, 5.41) is 0. The second kappa shape index (κ2) is 3.30. The van der Waals surface area contributed by atoms with Crippen LogP contribution in [-0.4, -0.2) is 0 Å². The monoisotopic (exact) mass is 162 g/mol. The lowest BCUT2D eigenvalue weighted by Gasteiger charge is -2.13. The van der Waals surface area contributed by atoms with Crippen LogP contribution in [0.15, 0.2) is 48.3 Å². The molecule has 0 radical (unpaired) electrons. The van der Waals surface area contributed by atoms with Crippen LogP contribution in [0.4, 0.5) is 0 Å². The Morgan fingerprint density at radius 2 is 2.17 bits per heavy atom. The van der Waals surface area contributed by atoms with Crippen molar-refractivity contribution in [2.75, 3.05) is 0 Å². The summed E-state index contributed by atoms with van der Waals surface area (Å²) in [6, 6.07) is 0. The molecule has 0 bridgehead atoms. The van der Waals surface area contributed by atoms with Crippen molar-refractivity contribution in [2.45, 2.75) is 12.8 Å². The first-order valence-corrected chi connectivity index (χ1v) is 3.98. The van der Waals surface area contributed by atoms with Crippen molar-refractivity contribution in [3.8, 4) is 0 Å². The van der Waals surface area contributed by atoms with Crippen molar-refractivity contribution in [2.24, 2.45) is 0 Å². The maximum absolute atomic E-state index is 5.32. The molecule has 0 aliphatic carbocycles. The fourth-order valence-electron chi connectivity index (χ4n) is 1.17. The average molecular weight is 162 g/mol. The second-order valence-electron chi connectivity index (χ2n) is 2.65. The van der Waals surface area contributed by atoms with E-state index in [4.69, 9.17) is 9.47 Å². The van der Waals surface area contributed by atoms with Gasteiger partial charge in [-0.3, -0.25) is 0 Å². The molecule has 2 aliphatic rings. The predicted molar refractivity (Wildman–Crippen MR) is 45.9 cm³/mol. The van der Waals surface area contributed by atoms with E-state index in [0.717, 1.165) is 24.2 Å². The molecule has 0 saturated carbocycles. The lowest BCUT2D eigenvalue weighted by atomic mass is 10.1. The maximum atomic E-state index is 5.32. The topological polar surface area (TPSA) is 18.5 Å². The molecule has 0 aromatic rings. The quantitative estimate of drug-likeness (QED) is 0.590. The third kappa shape index (κ3) is 1.42. The molecule has 0 N–H and O–H groups in total. The lowest BCUT2D eigenvalue weighted by molar-refractivity contribution is 0.333. The lowest BCUT2D eigenvalue weighted by Crippen LogP contribution is -1.97. The van der Waals surface area contributed by atoms with Crippen LogP contribution in [0.1, 0.15) is 12.8 Å². The van der Waals surface area contributed by atoms with E-state index in [9.17, 15) is 0 Å². The standard InChI is InChI=1S/C10H10O2/c1-2-7-12-10(5-1)9-4-3-6-11-8-9/h2-3,5-8H,1,4H2. The summed E-state index contributed by atoms with van der Waals surface area (Å²) in [7, 11) is 0. The van der Waals surface area contributed by atoms with Gasteiger partial charge in [0.1, 0.15) is 5.76 Å². The third-order valence-corrected chi connectivity index (χ3v) is 1.77. The zero-order valence-corrected chi connectivity index (χ0v) is 6.69. The van der Waals surface area contributed by atoms with Crippen LogP contribution in [0, 0.1) is 0 Å².